The average molecular weight is 399 g/mol. The number of piperazine rings is 1. The number of hydrogen-bond donors (Lipinski definition) is 0. The zero-order valence-electron chi connectivity index (χ0n) is 15.7. The van der Waals surface area contributed by atoms with Crippen molar-refractivity contribution in [3.63, 3.8) is 0 Å². The van der Waals surface area contributed by atoms with Gasteiger partial charge in [0.2, 0.25) is 5.91 Å². The maximum Gasteiger partial charge on any atom is 0.416 e. The van der Waals surface area contributed by atoms with Gasteiger partial charge in [-0.25, -0.2) is 0 Å². The van der Waals surface area contributed by atoms with Crippen LogP contribution in [0, 0.1) is 0 Å². The molecule has 0 aliphatic carbocycles. The number of amides is 2. The number of methoxy groups -OCH3 is 1. The number of carbonyl (C=O) groups excluding carboxylic acids is 2. The summed E-state index contributed by atoms with van der Waals surface area (Å²) in [5.41, 5.74) is -0.532. The summed E-state index contributed by atoms with van der Waals surface area (Å²) < 4.78 is 43.0. The Morgan fingerprint density at radius 1 is 1.11 bits per heavy atom. The Morgan fingerprint density at radius 3 is 2.32 bits per heavy atom. The van der Waals surface area contributed by atoms with Gasteiger partial charge in [-0.3, -0.25) is 14.5 Å². The molecule has 1 aromatic rings. The van der Waals surface area contributed by atoms with Crippen LogP contribution in [-0.4, -0.2) is 85.5 Å². The molecule has 0 saturated carbocycles. The molecule has 28 heavy (non-hydrogen) atoms. The summed E-state index contributed by atoms with van der Waals surface area (Å²) in [6.45, 7) is 3.83. The van der Waals surface area contributed by atoms with Gasteiger partial charge in [0.1, 0.15) is 0 Å². The molecule has 2 amide bonds. The summed E-state index contributed by atoms with van der Waals surface area (Å²) in [7, 11) is 1.60. The van der Waals surface area contributed by atoms with Crippen LogP contribution in [0.3, 0.4) is 0 Å². The Labute approximate surface area is 161 Å². The number of benzene rings is 1. The largest absolute Gasteiger partial charge is 0.416 e. The smallest absolute Gasteiger partial charge is 0.383 e. The number of nitrogens with zero attached hydrogens (tertiary/aromatic N) is 3. The molecule has 3 rings (SSSR count). The number of likely N-dealkylation sites (tertiary alicyclic amines) is 1. The highest BCUT2D eigenvalue weighted by Crippen LogP contribution is 2.29. The fourth-order valence-electron chi connectivity index (χ4n) is 3.71. The van der Waals surface area contributed by atoms with Crippen molar-refractivity contribution >= 4 is 11.8 Å². The van der Waals surface area contributed by atoms with Crippen molar-refractivity contribution in [1.29, 1.82) is 0 Å². The highest BCUT2D eigenvalue weighted by Gasteiger charge is 2.37. The number of halogens is 3. The second kappa shape index (κ2) is 8.48. The molecule has 2 heterocycles. The van der Waals surface area contributed by atoms with Crippen LogP contribution in [0.5, 0.6) is 0 Å². The minimum absolute atomic E-state index is 0.0968. The lowest BCUT2D eigenvalue weighted by molar-refractivity contribution is -0.137. The van der Waals surface area contributed by atoms with Gasteiger partial charge in [-0.2, -0.15) is 13.2 Å². The Balaban J connectivity index is 1.54. The van der Waals surface area contributed by atoms with Gasteiger partial charge in [0.25, 0.3) is 5.91 Å². The maximum absolute atomic E-state index is 12.7. The molecule has 0 N–H and O–H groups in total. The highest BCUT2D eigenvalue weighted by atomic mass is 19.4. The summed E-state index contributed by atoms with van der Waals surface area (Å²) in [5, 5.41) is 0. The topological polar surface area (TPSA) is 53.1 Å². The molecular formula is C19H24F3N3O3. The summed E-state index contributed by atoms with van der Waals surface area (Å²) in [6.07, 6.45) is -3.66. The summed E-state index contributed by atoms with van der Waals surface area (Å²) in [6, 6.07) is 4.11. The van der Waals surface area contributed by atoms with Crippen molar-refractivity contribution in [1.82, 2.24) is 14.7 Å². The van der Waals surface area contributed by atoms with Crippen molar-refractivity contribution < 1.29 is 27.5 Å². The molecule has 0 radical (unpaired) electrons. The molecule has 9 heteroatoms. The molecule has 2 aliphatic heterocycles. The van der Waals surface area contributed by atoms with Crippen molar-refractivity contribution in [2.24, 2.45) is 0 Å². The lowest BCUT2D eigenvalue weighted by atomic mass is 10.1. The molecule has 154 valence electrons. The molecule has 0 bridgehead atoms. The van der Waals surface area contributed by atoms with Crippen LogP contribution in [0.1, 0.15) is 22.3 Å². The molecule has 2 fully saturated rings. The highest BCUT2D eigenvalue weighted by molar-refractivity contribution is 5.94. The zero-order chi connectivity index (χ0) is 20.3. The first-order chi connectivity index (χ1) is 13.3. The van der Waals surface area contributed by atoms with Crippen molar-refractivity contribution in [3.05, 3.63) is 35.4 Å². The average Bonchev–Trinajstić information content (AvgIpc) is 3.06. The van der Waals surface area contributed by atoms with Gasteiger partial charge in [-0.15, -0.1) is 0 Å². The van der Waals surface area contributed by atoms with E-state index in [1.54, 1.807) is 16.9 Å². The predicted molar refractivity (Wildman–Crippen MR) is 95.8 cm³/mol. The molecule has 1 atom stereocenters. The van der Waals surface area contributed by atoms with E-state index in [-0.39, 0.29) is 23.4 Å². The van der Waals surface area contributed by atoms with E-state index in [1.807, 2.05) is 0 Å². The van der Waals surface area contributed by atoms with Crippen LogP contribution in [0.25, 0.3) is 0 Å². The normalized spacial score (nSPS) is 21.4. The first kappa shape index (κ1) is 20.6. The van der Waals surface area contributed by atoms with Gasteiger partial charge in [-0.1, -0.05) is 0 Å². The minimum atomic E-state index is -4.42. The second-order valence-electron chi connectivity index (χ2n) is 7.03. The van der Waals surface area contributed by atoms with E-state index in [1.165, 1.54) is 12.1 Å². The molecule has 2 aliphatic rings. The first-order valence-corrected chi connectivity index (χ1v) is 9.29. The van der Waals surface area contributed by atoms with Crippen LogP contribution in [-0.2, 0) is 15.7 Å². The van der Waals surface area contributed by atoms with Crippen LogP contribution < -0.4 is 0 Å². The Bertz CT molecular complexity index is 701. The molecule has 0 aromatic heterocycles. The Hall–Kier alpha value is -2.13. The third kappa shape index (κ3) is 4.47. The van der Waals surface area contributed by atoms with Crippen LogP contribution in [0.15, 0.2) is 24.3 Å². The third-order valence-electron chi connectivity index (χ3n) is 5.34. The monoisotopic (exact) mass is 399 g/mol. The lowest BCUT2D eigenvalue weighted by Gasteiger charge is -2.37. The van der Waals surface area contributed by atoms with E-state index >= 15 is 0 Å². The molecule has 0 spiro atoms. The summed E-state index contributed by atoms with van der Waals surface area (Å²) in [4.78, 5) is 30.6. The van der Waals surface area contributed by atoms with E-state index in [9.17, 15) is 22.8 Å². The van der Waals surface area contributed by atoms with Gasteiger partial charge < -0.3 is 14.5 Å². The van der Waals surface area contributed by atoms with E-state index in [2.05, 4.69) is 4.90 Å². The van der Waals surface area contributed by atoms with Crippen LogP contribution in [0.4, 0.5) is 13.2 Å². The van der Waals surface area contributed by atoms with E-state index in [0.717, 1.165) is 18.6 Å². The van der Waals surface area contributed by atoms with E-state index in [4.69, 9.17) is 4.74 Å². The van der Waals surface area contributed by atoms with Gasteiger partial charge in [-0.05, 0) is 30.7 Å². The van der Waals surface area contributed by atoms with Crippen molar-refractivity contribution in [3.8, 4) is 0 Å². The van der Waals surface area contributed by atoms with Gasteiger partial charge in [0.05, 0.1) is 18.2 Å². The number of rotatable bonds is 5. The Kier molecular flexibility index (Phi) is 6.24. The molecule has 1 aromatic carbocycles. The van der Waals surface area contributed by atoms with Gasteiger partial charge in [0.15, 0.2) is 0 Å². The number of alkyl halides is 3. The second-order valence-corrected chi connectivity index (χ2v) is 7.03. The molecule has 1 unspecified atom stereocenters. The quantitative estimate of drug-likeness (QED) is 0.757. The summed E-state index contributed by atoms with van der Waals surface area (Å²) in [5.74, 6) is -0.188. The standard InChI is InChI=1S/C19H24F3N3O3/c1-28-13-12-24-7-6-16(18(24)27)23-8-10-25(11-9-23)17(26)14-2-4-15(5-3-14)19(20,21)22/h2-5,16H,6-13H2,1H3. The number of hydrogen-bond acceptors (Lipinski definition) is 4. The fraction of sp³-hybridized carbons (Fsp3) is 0.579. The maximum atomic E-state index is 12.7. The third-order valence-corrected chi connectivity index (χ3v) is 5.34. The van der Waals surface area contributed by atoms with Gasteiger partial charge >= 0.3 is 6.18 Å². The van der Waals surface area contributed by atoms with E-state index < -0.39 is 11.7 Å². The fourth-order valence-corrected chi connectivity index (χ4v) is 3.71. The van der Waals surface area contributed by atoms with Crippen molar-refractivity contribution in [2.75, 3.05) is 53.0 Å². The van der Waals surface area contributed by atoms with E-state index in [0.29, 0.717) is 45.9 Å². The predicted octanol–water partition coefficient (Wildman–Crippen LogP) is 1.71. The lowest BCUT2D eigenvalue weighted by Crippen LogP contribution is -2.53. The van der Waals surface area contributed by atoms with Crippen LogP contribution >= 0.6 is 0 Å². The SMILES string of the molecule is COCCN1CCC(N2CCN(C(=O)c3ccc(C(F)(F)F)cc3)CC2)C1=O. The summed E-state index contributed by atoms with van der Waals surface area (Å²) >= 11 is 0. The molecular weight excluding hydrogens is 375 g/mol. The molecule has 2 saturated heterocycles. The first-order valence-electron chi connectivity index (χ1n) is 9.29. The molecule has 6 nitrogen and oxygen atoms in total. The minimum Gasteiger partial charge on any atom is -0.383 e. The Morgan fingerprint density at radius 2 is 1.75 bits per heavy atom. The number of carbonyl (C=O) groups is 2. The number of ether oxygens (including phenoxy) is 1. The van der Waals surface area contributed by atoms with Crippen molar-refractivity contribution in [2.45, 2.75) is 18.6 Å². The van der Waals surface area contributed by atoms with Crippen LogP contribution in [0.2, 0.25) is 0 Å². The zero-order valence-corrected chi connectivity index (χ0v) is 15.7. The van der Waals surface area contributed by atoms with Gasteiger partial charge in [0, 0.05) is 51.9 Å².